The van der Waals surface area contributed by atoms with E-state index in [9.17, 15) is 4.79 Å². The maximum atomic E-state index is 10.7. The highest BCUT2D eigenvalue weighted by Crippen LogP contribution is 2.29. The molecule has 0 aliphatic carbocycles. The van der Waals surface area contributed by atoms with Crippen LogP contribution in [0, 0.1) is 0 Å². The minimum Gasteiger partial charge on any atom is -0.324 e. The van der Waals surface area contributed by atoms with Crippen molar-refractivity contribution in [3.05, 3.63) is 101 Å². The lowest BCUT2D eigenvalue weighted by Gasteiger charge is -2.11. The summed E-state index contributed by atoms with van der Waals surface area (Å²) >= 11 is 1.62. The smallest absolute Gasteiger partial charge is 0.229 e. The lowest BCUT2D eigenvalue weighted by molar-refractivity contribution is -0.107. The van der Waals surface area contributed by atoms with E-state index >= 15 is 0 Å². The van der Waals surface area contributed by atoms with Gasteiger partial charge < -0.3 is 15.4 Å². The van der Waals surface area contributed by atoms with E-state index in [-0.39, 0.29) is 0 Å². The molecule has 36 heavy (non-hydrogen) atoms. The summed E-state index contributed by atoms with van der Waals surface area (Å²) in [6, 6.07) is 26.7. The van der Waals surface area contributed by atoms with Gasteiger partial charge in [-0.2, -0.15) is 4.98 Å². The van der Waals surface area contributed by atoms with Crippen molar-refractivity contribution < 1.29 is 4.79 Å². The minimum atomic E-state index is 0.515. The van der Waals surface area contributed by atoms with Crippen molar-refractivity contribution in [1.29, 1.82) is 0 Å². The molecule has 5 aromatic rings. The highest BCUT2D eigenvalue weighted by molar-refractivity contribution is 7.22. The number of aldehydes is 1. The molecule has 3 aromatic carbocycles. The van der Waals surface area contributed by atoms with Crippen molar-refractivity contribution in [3.8, 4) is 0 Å². The van der Waals surface area contributed by atoms with Crippen LogP contribution in [0.5, 0.6) is 0 Å². The van der Waals surface area contributed by atoms with E-state index in [4.69, 9.17) is 15.0 Å². The zero-order valence-electron chi connectivity index (χ0n) is 20.1. The van der Waals surface area contributed by atoms with Crippen molar-refractivity contribution in [2.24, 2.45) is 0 Å². The molecular weight excluding hydrogens is 466 g/mol. The zero-order valence-corrected chi connectivity index (χ0v) is 20.9. The molecule has 0 unspecified atom stereocenters. The average Bonchev–Trinajstić information content (AvgIpc) is 3.30. The number of hydrogen-bond donors (Lipinski definition) is 2. The molecule has 2 N–H and O–H groups in total. The van der Waals surface area contributed by atoms with Crippen LogP contribution in [0.25, 0.3) is 10.2 Å². The van der Waals surface area contributed by atoms with Gasteiger partial charge in [-0.05, 0) is 53.8 Å². The molecule has 0 spiro atoms. The fraction of sp³-hybridized carbons (Fsp3) is 0.172. The second kappa shape index (κ2) is 11.1. The molecule has 7 heteroatoms. The lowest BCUT2D eigenvalue weighted by Crippen LogP contribution is -2.04. The van der Waals surface area contributed by atoms with Crippen LogP contribution in [0.2, 0.25) is 0 Å². The summed E-state index contributed by atoms with van der Waals surface area (Å²) in [4.78, 5) is 24.9. The molecule has 0 aliphatic rings. The fourth-order valence-corrected chi connectivity index (χ4v) is 4.91. The SMILES string of the molecule is CCc1ccc2nc(Nc3cc(Cc4ccccc4)nc(Nc4ccc(CCC=O)cc4)n3)sc2c1. The number of nitrogens with one attached hydrogen (secondary N) is 2. The summed E-state index contributed by atoms with van der Waals surface area (Å²) in [6.45, 7) is 2.16. The first-order chi connectivity index (χ1) is 17.7. The average molecular weight is 494 g/mol. The third-order valence-electron chi connectivity index (χ3n) is 5.86. The number of hydrogen-bond acceptors (Lipinski definition) is 7. The Bertz CT molecular complexity index is 1460. The molecule has 0 amide bonds. The number of aryl methyl sites for hydroxylation is 2. The number of carbonyl (C=O) groups is 1. The molecule has 0 radical (unpaired) electrons. The Balaban J connectivity index is 1.42. The van der Waals surface area contributed by atoms with Crippen LogP contribution in [0.1, 0.15) is 35.7 Å². The van der Waals surface area contributed by atoms with Gasteiger partial charge in [-0.3, -0.25) is 0 Å². The summed E-state index contributed by atoms with van der Waals surface area (Å²) < 4.78 is 1.16. The highest BCUT2D eigenvalue weighted by Gasteiger charge is 2.10. The summed E-state index contributed by atoms with van der Waals surface area (Å²) in [6.07, 6.45) is 3.90. The van der Waals surface area contributed by atoms with E-state index < -0.39 is 0 Å². The monoisotopic (exact) mass is 493 g/mol. The van der Waals surface area contributed by atoms with Crippen molar-refractivity contribution in [1.82, 2.24) is 15.0 Å². The number of thiazole rings is 1. The number of nitrogens with zero attached hydrogens (tertiary/aromatic N) is 3. The van der Waals surface area contributed by atoms with Gasteiger partial charge in [0.25, 0.3) is 0 Å². The van der Waals surface area contributed by atoms with E-state index in [0.29, 0.717) is 24.6 Å². The number of aromatic nitrogens is 3. The third-order valence-corrected chi connectivity index (χ3v) is 6.80. The number of rotatable bonds is 10. The summed E-state index contributed by atoms with van der Waals surface area (Å²) in [5.41, 5.74) is 6.37. The van der Waals surface area contributed by atoms with Crippen molar-refractivity contribution in [3.63, 3.8) is 0 Å². The molecule has 0 saturated carbocycles. The van der Waals surface area contributed by atoms with Crippen molar-refractivity contribution in [2.45, 2.75) is 32.6 Å². The Morgan fingerprint density at radius 2 is 1.64 bits per heavy atom. The summed E-state index contributed by atoms with van der Waals surface area (Å²) in [5.74, 6) is 1.21. The van der Waals surface area contributed by atoms with Crippen LogP contribution in [-0.4, -0.2) is 21.2 Å². The lowest BCUT2D eigenvalue weighted by atomic mass is 10.1. The maximum Gasteiger partial charge on any atom is 0.229 e. The molecule has 0 fully saturated rings. The Labute approximate surface area is 214 Å². The first-order valence-electron chi connectivity index (χ1n) is 12.1. The predicted octanol–water partition coefficient (Wildman–Crippen LogP) is 6.86. The van der Waals surface area contributed by atoms with E-state index in [1.54, 1.807) is 11.3 Å². The van der Waals surface area contributed by atoms with E-state index in [1.807, 2.05) is 48.5 Å². The van der Waals surface area contributed by atoms with Gasteiger partial charge in [-0.25, -0.2) is 9.97 Å². The molecule has 2 heterocycles. The van der Waals surface area contributed by atoms with E-state index in [1.165, 1.54) is 11.1 Å². The van der Waals surface area contributed by atoms with Crippen LogP contribution in [0.3, 0.4) is 0 Å². The molecule has 0 saturated heterocycles. The number of anilines is 4. The molecule has 0 aliphatic heterocycles. The quantitative estimate of drug-likeness (QED) is 0.207. The van der Waals surface area contributed by atoms with Gasteiger partial charge in [-0.1, -0.05) is 66.8 Å². The van der Waals surface area contributed by atoms with Crippen molar-refractivity contribution >= 4 is 50.4 Å². The molecule has 180 valence electrons. The normalized spacial score (nSPS) is 10.9. The van der Waals surface area contributed by atoms with Gasteiger partial charge in [-0.15, -0.1) is 0 Å². The Morgan fingerprint density at radius 3 is 2.42 bits per heavy atom. The van der Waals surface area contributed by atoms with Crippen LogP contribution in [0.4, 0.5) is 22.6 Å². The van der Waals surface area contributed by atoms with Gasteiger partial charge in [0.2, 0.25) is 5.95 Å². The van der Waals surface area contributed by atoms with Crippen LogP contribution in [-0.2, 0) is 24.1 Å². The Kier molecular flexibility index (Phi) is 7.28. The fourth-order valence-electron chi connectivity index (χ4n) is 3.97. The van der Waals surface area contributed by atoms with Gasteiger partial charge in [0, 0.05) is 24.6 Å². The maximum absolute atomic E-state index is 10.7. The minimum absolute atomic E-state index is 0.515. The van der Waals surface area contributed by atoms with Gasteiger partial charge in [0.1, 0.15) is 12.1 Å². The number of benzene rings is 3. The van der Waals surface area contributed by atoms with Gasteiger partial charge in [0.15, 0.2) is 5.13 Å². The van der Waals surface area contributed by atoms with E-state index in [2.05, 4.69) is 47.9 Å². The van der Waals surface area contributed by atoms with Crippen LogP contribution < -0.4 is 10.6 Å². The van der Waals surface area contributed by atoms with E-state index in [0.717, 1.165) is 51.4 Å². The standard InChI is InChI=1S/C29H27N5OS/c1-2-20-12-15-25-26(18-20)36-29(32-25)34-27-19-24(17-22-7-4-3-5-8-22)31-28(33-27)30-23-13-10-21(11-14-23)9-6-16-35/h3-5,7-8,10-16,18-19H,2,6,9,17H2,1H3,(H2,30,31,32,33,34). The predicted molar refractivity (Wildman–Crippen MR) is 148 cm³/mol. The first kappa shape index (κ1) is 23.6. The largest absolute Gasteiger partial charge is 0.324 e. The third kappa shape index (κ3) is 5.93. The first-order valence-corrected chi connectivity index (χ1v) is 12.9. The second-order valence-corrected chi connectivity index (χ2v) is 9.59. The van der Waals surface area contributed by atoms with Crippen LogP contribution >= 0.6 is 11.3 Å². The molecule has 6 nitrogen and oxygen atoms in total. The molecule has 2 aromatic heterocycles. The van der Waals surface area contributed by atoms with Gasteiger partial charge >= 0.3 is 0 Å². The number of fused-ring (bicyclic) bond motifs is 1. The number of carbonyl (C=O) groups excluding carboxylic acids is 1. The van der Waals surface area contributed by atoms with Gasteiger partial charge in [0.05, 0.1) is 15.9 Å². The Morgan fingerprint density at radius 1 is 0.833 bits per heavy atom. The molecule has 0 atom stereocenters. The topological polar surface area (TPSA) is 79.8 Å². The molecular formula is C29H27N5OS. The highest BCUT2D eigenvalue weighted by atomic mass is 32.1. The summed E-state index contributed by atoms with van der Waals surface area (Å²) in [5, 5.41) is 7.53. The van der Waals surface area contributed by atoms with Crippen molar-refractivity contribution in [2.75, 3.05) is 10.6 Å². The zero-order chi connectivity index (χ0) is 24.7. The molecule has 5 rings (SSSR count). The second-order valence-electron chi connectivity index (χ2n) is 8.56. The molecule has 0 bridgehead atoms. The Hall–Kier alpha value is -4.10. The van der Waals surface area contributed by atoms with Crippen LogP contribution in [0.15, 0.2) is 78.9 Å². The summed E-state index contributed by atoms with van der Waals surface area (Å²) in [7, 11) is 0.